The summed E-state index contributed by atoms with van der Waals surface area (Å²) in [4.78, 5) is 28.0. The molecule has 1 aliphatic rings. The molecule has 6 nitrogen and oxygen atoms in total. The number of carbonyl (C=O) groups excluding carboxylic acids is 2. The van der Waals surface area contributed by atoms with Gasteiger partial charge >= 0.3 is 0 Å². The van der Waals surface area contributed by atoms with E-state index in [4.69, 9.17) is 4.74 Å². The van der Waals surface area contributed by atoms with E-state index in [0.29, 0.717) is 24.5 Å². The fourth-order valence-electron chi connectivity index (χ4n) is 3.74. The van der Waals surface area contributed by atoms with Gasteiger partial charge in [0.15, 0.2) is 6.04 Å². The van der Waals surface area contributed by atoms with E-state index < -0.39 is 0 Å². The molecule has 0 spiro atoms. The highest BCUT2D eigenvalue weighted by atomic mass is 16.5. The van der Waals surface area contributed by atoms with E-state index in [-0.39, 0.29) is 17.9 Å². The molecule has 2 N–H and O–H groups in total. The van der Waals surface area contributed by atoms with E-state index in [1.807, 2.05) is 60.4 Å². The normalized spacial score (nSPS) is 15.8. The maximum Gasteiger partial charge on any atom is 0.287 e. The van der Waals surface area contributed by atoms with Crippen molar-refractivity contribution in [3.05, 3.63) is 59.7 Å². The van der Waals surface area contributed by atoms with Crippen LogP contribution in [0.15, 0.2) is 48.5 Å². The number of hydrogen-bond acceptors (Lipinski definition) is 3. The first-order valence-corrected chi connectivity index (χ1v) is 9.60. The number of aryl methyl sites for hydroxylation is 1. The van der Waals surface area contributed by atoms with Gasteiger partial charge in [-0.1, -0.05) is 36.4 Å². The molecule has 1 aliphatic heterocycles. The van der Waals surface area contributed by atoms with Gasteiger partial charge < -0.3 is 19.9 Å². The van der Waals surface area contributed by atoms with E-state index in [2.05, 4.69) is 5.32 Å². The molecule has 1 atom stereocenters. The van der Waals surface area contributed by atoms with Gasteiger partial charge in [0.25, 0.3) is 5.91 Å². The molecule has 2 amide bonds. The van der Waals surface area contributed by atoms with Crippen LogP contribution in [-0.4, -0.2) is 50.0 Å². The van der Waals surface area contributed by atoms with Gasteiger partial charge in [0.1, 0.15) is 5.75 Å². The minimum atomic E-state index is -0.347. The van der Waals surface area contributed by atoms with Crippen LogP contribution in [0.25, 0.3) is 0 Å². The van der Waals surface area contributed by atoms with Crippen molar-refractivity contribution in [3.8, 4) is 5.75 Å². The minimum absolute atomic E-state index is 0.0682. The topological polar surface area (TPSA) is 63.1 Å². The number of quaternary nitrogens is 1. The number of nitrogens with zero attached hydrogens (tertiary/aromatic N) is 1. The fraction of sp³-hybridized carbons (Fsp3) is 0.364. The summed E-state index contributed by atoms with van der Waals surface area (Å²) in [5.41, 5.74) is 2.70. The highest BCUT2D eigenvalue weighted by Gasteiger charge is 2.35. The Bertz CT molecular complexity index is 830. The second kappa shape index (κ2) is 8.89. The summed E-state index contributed by atoms with van der Waals surface area (Å²) in [6.45, 7) is 6.37. The van der Waals surface area contributed by atoms with Crippen LogP contribution >= 0.6 is 0 Å². The molecule has 3 rings (SSSR count). The lowest BCUT2D eigenvalue weighted by molar-refractivity contribution is -0.925. The van der Waals surface area contributed by atoms with Gasteiger partial charge in [-0.3, -0.25) is 9.59 Å². The second-order valence-corrected chi connectivity index (χ2v) is 7.20. The summed E-state index contributed by atoms with van der Waals surface area (Å²) in [6.07, 6.45) is 0. The van der Waals surface area contributed by atoms with Crippen molar-refractivity contribution in [1.82, 2.24) is 4.90 Å². The largest absolute Gasteiger partial charge is 0.495 e. The molecular weight excluding hydrogens is 354 g/mol. The quantitative estimate of drug-likeness (QED) is 0.822. The number of hydrogen-bond donors (Lipinski definition) is 2. The Morgan fingerprint density at radius 1 is 1.11 bits per heavy atom. The van der Waals surface area contributed by atoms with Gasteiger partial charge in [-0.05, 0) is 24.6 Å². The predicted octanol–water partition coefficient (Wildman–Crippen LogP) is 1.43. The third-order valence-electron chi connectivity index (χ3n) is 5.27. The van der Waals surface area contributed by atoms with Gasteiger partial charge in [0.2, 0.25) is 5.91 Å². The average Bonchev–Trinajstić information content (AvgIpc) is 2.69. The van der Waals surface area contributed by atoms with Crippen molar-refractivity contribution in [2.75, 3.05) is 38.6 Å². The number of rotatable bonds is 5. The Kier molecular flexibility index (Phi) is 6.31. The lowest BCUT2D eigenvalue weighted by atomic mass is 10.0. The number of amides is 2. The first-order valence-electron chi connectivity index (χ1n) is 9.60. The Balaban J connectivity index is 1.85. The number of benzene rings is 2. The van der Waals surface area contributed by atoms with E-state index in [1.165, 1.54) is 0 Å². The number of ether oxygens (including phenoxy) is 1. The van der Waals surface area contributed by atoms with Crippen molar-refractivity contribution in [1.29, 1.82) is 0 Å². The van der Waals surface area contributed by atoms with Crippen LogP contribution in [0.5, 0.6) is 5.75 Å². The molecule has 1 heterocycles. The lowest BCUT2D eigenvalue weighted by Crippen LogP contribution is -3.16. The molecule has 0 aromatic heterocycles. The maximum atomic E-state index is 13.3. The summed E-state index contributed by atoms with van der Waals surface area (Å²) < 4.78 is 5.41. The minimum Gasteiger partial charge on any atom is -0.495 e. The Labute approximate surface area is 166 Å². The number of methoxy groups -OCH3 is 1. The van der Waals surface area contributed by atoms with Crippen molar-refractivity contribution in [3.63, 3.8) is 0 Å². The third-order valence-corrected chi connectivity index (χ3v) is 5.27. The van der Waals surface area contributed by atoms with Crippen molar-refractivity contribution in [2.24, 2.45) is 0 Å². The van der Waals surface area contributed by atoms with E-state index in [9.17, 15) is 9.59 Å². The monoisotopic (exact) mass is 382 g/mol. The molecule has 2 aromatic carbocycles. The third kappa shape index (κ3) is 4.51. The van der Waals surface area contributed by atoms with Crippen molar-refractivity contribution < 1.29 is 19.2 Å². The average molecular weight is 382 g/mol. The van der Waals surface area contributed by atoms with E-state index >= 15 is 0 Å². The van der Waals surface area contributed by atoms with E-state index in [1.54, 1.807) is 14.0 Å². The molecule has 0 aliphatic carbocycles. The van der Waals surface area contributed by atoms with E-state index in [0.717, 1.165) is 29.1 Å². The number of nitrogens with one attached hydrogen (secondary N) is 2. The standard InChI is InChI=1S/C22H27N3O3/c1-16-9-10-20(28-3)19(15-16)23-22(27)21(18-7-5-4-6-8-18)25-13-11-24(12-14-25)17(2)26/h4-10,15,21H,11-14H2,1-3H3,(H,23,27)/p+1/t21-/m1/s1. The second-order valence-electron chi connectivity index (χ2n) is 7.20. The highest BCUT2D eigenvalue weighted by Crippen LogP contribution is 2.26. The van der Waals surface area contributed by atoms with Crippen LogP contribution in [0.1, 0.15) is 24.1 Å². The number of anilines is 1. The highest BCUT2D eigenvalue weighted by molar-refractivity contribution is 5.96. The first-order chi connectivity index (χ1) is 13.5. The molecular formula is C22H28N3O3+. The molecule has 2 aromatic rings. The molecule has 0 radical (unpaired) electrons. The molecule has 1 fully saturated rings. The van der Waals surface area contributed by atoms with Gasteiger partial charge in [-0.2, -0.15) is 0 Å². The molecule has 28 heavy (non-hydrogen) atoms. The maximum absolute atomic E-state index is 13.3. The summed E-state index contributed by atoms with van der Waals surface area (Å²) in [5.74, 6) is 0.660. The molecule has 0 unspecified atom stereocenters. The SMILES string of the molecule is COc1ccc(C)cc1NC(=O)[C@@H](c1ccccc1)[NH+]1CCN(C(C)=O)CC1. The van der Waals surface area contributed by atoms with Gasteiger partial charge in [-0.15, -0.1) is 0 Å². The van der Waals surface area contributed by atoms with Gasteiger partial charge in [0.05, 0.1) is 39.0 Å². The van der Waals surface area contributed by atoms with Gasteiger partial charge in [0, 0.05) is 12.5 Å². The Morgan fingerprint density at radius 2 is 1.79 bits per heavy atom. The molecule has 148 valence electrons. The zero-order chi connectivity index (χ0) is 20.1. The number of carbonyl (C=O) groups is 2. The van der Waals surface area contributed by atoms with Crippen LogP contribution in [0.4, 0.5) is 5.69 Å². The Morgan fingerprint density at radius 3 is 2.39 bits per heavy atom. The van der Waals surface area contributed by atoms with Crippen LogP contribution < -0.4 is 15.0 Å². The van der Waals surface area contributed by atoms with Crippen LogP contribution in [0.2, 0.25) is 0 Å². The van der Waals surface area contributed by atoms with Crippen LogP contribution in [-0.2, 0) is 9.59 Å². The van der Waals surface area contributed by atoms with Crippen LogP contribution in [0, 0.1) is 6.92 Å². The fourth-order valence-corrected chi connectivity index (χ4v) is 3.74. The first kappa shape index (κ1) is 19.9. The summed E-state index contributed by atoms with van der Waals surface area (Å²) in [5, 5.41) is 3.07. The predicted molar refractivity (Wildman–Crippen MR) is 108 cm³/mol. The summed E-state index contributed by atoms with van der Waals surface area (Å²) in [7, 11) is 1.60. The molecule has 6 heteroatoms. The van der Waals surface area contributed by atoms with Crippen molar-refractivity contribution in [2.45, 2.75) is 19.9 Å². The summed E-state index contributed by atoms with van der Waals surface area (Å²) in [6, 6.07) is 15.2. The smallest absolute Gasteiger partial charge is 0.287 e. The molecule has 1 saturated heterocycles. The van der Waals surface area contributed by atoms with Crippen molar-refractivity contribution >= 4 is 17.5 Å². The molecule has 0 bridgehead atoms. The zero-order valence-corrected chi connectivity index (χ0v) is 16.7. The summed E-state index contributed by atoms with van der Waals surface area (Å²) >= 11 is 0. The van der Waals surface area contributed by atoms with Crippen LogP contribution in [0.3, 0.4) is 0 Å². The van der Waals surface area contributed by atoms with Gasteiger partial charge in [-0.25, -0.2) is 0 Å². The molecule has 0 saturated carbocycles. The lowest BCUT2D eigenvalue weighted by Gasteiger charge is -2.35. The number of piperazine rings is 1. The zero-order valence-electron chi connectivity index (χ0n) is 16.7. The Hall–Kier alpha value is -2.86.